The van der Waals surface area contributed by atoms with Crippen molar-refractivity contribution < 1.29 is 18.3 Å². The zero-order chi connectivity index (χ0) is 27.3. The lowest BCUT2D eigenvalue weighted by molar-refractivity contribution is 0.0787. The quantitative estimate of drug-likeness (QED) is 0.327. The summed E-state index contributed by atoms with van der Waals surface area (Å²) in [5.74, 6) is 1.47. The summed E-state index contributed by atoms with van der Waals surface area (Å²) < 4.78 is 33.4. The number of rotatable bonds is 8. The molecule has 3 aliphatic rings. The predicted molar refractivity (Wildman–Crippen MR) is 153 cm³/mol. The second kappa shape index (κ2) is 13.4. The molecule has 1 aromatic carbocycles. The minimum absolute atomic E-state index is 0.0291. The highest BCUT2D eigenvalue weighted by Gasteiger charge is 2.40. The zero-order valence-corrected chi connectivity index (χ0v) is 24.9. The molecule has 1 aliphatic carbocycles. The van der Waals surface area contributed by atoms with Gasteiger partial charge in [0.25, 0.3) is 12.3 Å². The van der Waals surface area contributed by atoms with Gasteiger partial charge in [0.1, 0.15) is 0 Å². The molecule has 214 valence electrons. The van der Waals surface area contributed by atoms with Crippen LogP contribution in [-0.4, -0.2) is 56.8 Å². The van der Waals surface area contributed by atoms with E-state index in [4.69, 9.17) is 4.74 Å². The molecule has 1 amide bonds. The summed E-state index contributed by atoms with van der Waals surface area (Å²) in [7, 11) is 0. The van der Waals surface area contributed by atoms with Gasteiger partial charge in [0, 0.05) is 53.6 Å². The lowest BCUT2D eigenvalue weighted by Crippen LogP contribution is -2.57. The van der Waals surface area contributed by atoms with Gasteiger partial charge < -0.3 is 20.3 Å². The van der Waals surface area contributed by atoms with Crippen molar-refractivity contribution in [1.82, 2.24) is 10.6 Å². The molecule has 0 aromatic heterocycles. The van der Waals surface area contributed by atoms with Crippen molar-refractivity contribution in [3.8, 4) is 0 Å². The van der Waals surface area contributed by atoms with Crippen LogP contribution in [0.1, 0.15) is 87.6 Å². The number of nitrogens with zero attached hydrogens (tertiary/aromatic N) is 1. The van der Waals surface area contributed by atoms with E-state index in [1.165, 1.54) is 38.5 Å². The van der Waals surface area contributed by atoms with E-state index in [1.807, 2.05) is 19.1 Å². The molecule has 2 saturated heterocycles. The molecule has 0 bridgehead atoms. The first-order chi connectivity index (χ1) is 18.2. The minimum atomic E-state index is -2.46. The number of hydrogen-bond donors (Lipinski definition) is 2. The van der Waals surface area contributed by atoms with Gasteiger partial charge in [-0.25, -0.2) is 8.78 Å². The summed E-state index contributed by atoms with van der Waals surface area (Å²) in [6.45, 7) is 8.90. The average Bonchev–Trinajstić information content (AvgIpc) is 3.19. The Morgan fingerprint density at radius 2 is 1.87 bits per heavy atom. The number of alkyl halides is 2. The summed E-state index contributed by atoms with van der Waals surface area (Å²) in [4.78, 5) is 15.2. The number of piperidine rings is 1. The van der Waals surface area contributed by atoms with Gasteiger partial charge in [-0.05, 0) is 81.4 Å². The van der Waals surface area contributed by atoms with Gasteiger partial charge >= 0.3 is 0 Å². The Balaban J connectivity index is 1.42. The Labute approximate surface area is 236 Å². The number of amides is 1. The van der Waals surface area contributed by atoms with Gasteiger partial charge in [-0.2, -0.15) is 0 Å². The summed E-state index contributed by atoms with van der Waals surface area (Å²) in [6, 6.07) is 3.65. The van der Waals surface area contributed by atoms with Crippen LogP contribution in [-0.2, 0) is 4.74 Å². The molecule has 0 radical (unpaired) electrons. The van der Waals surface area contributed by atoms with Crippen LogP contribution in [0, 0.1) is 24.7 Å². The number of hydrogen-bond acceptors (Lipinski definition) is 4. The van der Waals surface area contributed by atoms with Crippen LogP contribution in [0.2, 0.25) is 0 Å². The molecule has 1 saturated carbocycles. The van der Waals surface area contributed by atoms with Crippen molar-refractivity contribution in [3.05, 3.63) is 27.7 Å². The molecular weight excluding hydrogens is 552 g/mol. The maximum Gasteiger partial charge on any atom is 0.255 e. The van der Waals surface area contributed by atoms with Gasteiger partial charge in [-0.3, -0.25) is 4.79 Å². The lowest BCUT2D eigenvalue weighted by Gasteiger charge is -2.47. The normalized spacial score (nSPS) is 27.8. The summed E-state index contributed by atoms with van der Waals surface area (Å²) in [6.07, 6.45) is 8.12. The van der Waals surface area contributed by atoms with Gasteiger partial charge in [-0.1, -0.05) is 48.5 Å². The van der Waals surface area contributed by atoms with Gasteiger partial charge in [0.05, 0.1) is 6.54 Å². The number of nitrogens with one attached hydrogen (secondary N) is 2. The topological polar surface area (TPSA) is 53.6 Å². The molecule has 3 fully saturated rings. The highest BCUT2D eigenvalue weighted by Crippen LogP contribution is 2.39. The third-order valence-corrected chi connectivity index (χ3v) is 9.92. The van der Waals surface area contributed by atoms with E-state index in [0.29, 0.717) is 55.7 Å². The van der Waals surface area contributed by atoms with E-state index in [1.54, 1.807) is 4.90 Å². The van der Waals surface area contributed by atoms with Crippen molar-refractivity contribution in [2.75, 3.05) is 37.7 Å². The summed E-state index contributed by atoms with van der Waals surface area (Å²) in [5.41, 5.74) is 2.16. The van der Waals surface area contributed by atoms with E-state index in [9.17, 15) is 13.6 Å². The summed E-state index contributed by atoms with van der Waals surface area (Å²) >= 11 is 3.54. The second-order valence-electron chi connectivity index (χ2n) is 12.1. The Hall–Kier alpha value is -1.25. The molecule has 3 unspecified atom stereocenters. The van der Waals surface area contributed by atoms with Crippen LogP contribution in [0.3, 0.4) is 0 Å². The smallest absolute Gasteiger partial charge is 0.255 e. The Morgan fingerprint density at radius 3 is 2.50 bits per heavy atom. The first kappa shape index (κ1) is 29.7. The van der Waals surface area contributed by atoms with Gasteiger partial charge in [0.2, 0.25) is 0 Å². The number of carbonyl (C=O) groups excluding carboxylic acids is 1. The number of carbonyl (C=O) groups is 1. The fourth-order valence-electron chi connectivity index (χ4n) is 7.08. The highest BCUT2D eigenvalue weighted by molar-refractivity contribution is 9.10. The molecule has 0 spiro atoms. The van der Waals surface area contributed by atoms with Crippen LogP contribution in [0.4, 0.5) is 14.5 Å². The van der Waals surface area contributed by atoms with Crippen molar-refractivity contribution >= 4 is 27.5 Å². The Morgan fingerprint density at radius 1 is 1.18 bits per heavy atom. The molecular formula is C30H46BrF2N3O2. The maximum absolute atomic E-state index is 13.6. The number of ether oxygens (including phenoxy) is 1. The number of halogens is 3. The number of anilines is 1. The van der Waals surface area contributed by atoms with Crippen LogP contribution < -0.4 is 15.5 Å². The molecule has 1 aromatic rings. The summed E-state index contributed by atoms with van der Waals surface area (Å²) in [5, 5.41) is 7.07. The average molecular weight is 599 g/mol. The number of benzene rings is 1. The minimum Gasteiger partial charge on any atom is -0.381 e. The molecule has 2 N–H and O–H groups in total. The zero-order valence-electron chi connectivity index (χ0n) is 23.3. The first-order valence-corrected chi connectivity index (χ1v) is 15.4. The highest BCUT2D eigenvalue weighted by atomic mass is 79.9. The molecule has 4 rings (SSSR count). The third-order valence-electron chi connectivity index (χ3n) is 9.47. The largest absolute Gasteiger partial charge is 0.381 e. The van der Waals surface area contributed by atoms with Crippen molar-refractivity contribution in [2.24, 2.45) is 17.8 Å². The third kappa shape index (κ3) is 7.28. The fourth-order valence-corrected chi connectivity index (χ4v) is 7.53. The van der Waals surface area contributed by atoms with Crippen LogP contribution >= 0.6 is 15.9 Å². The molecule has 38 heavy (non-hydrogen) atoms. The van der Waals surface area contributed by atoms with E-state index >= 15 is 0 Å². The van der Waals surface area contributed by atoms with E-state index < -0.39 is 6.43 Å². The van der Waals surface area contributed by atoms with Crippen molar-refractivity contribution in [2.45, 2.75) is 96.6 Å². The van der Waals surface area contributed by atoms with Crippen molar-refractivity contribution in [1.29, 1.82) is 0 Å². The van der Waals surface area contributed by atoms with Gasteiger partial charge in [0.15, 0.2) is 0 Å². The Bertz CT molecular complexity index is 934. The van der Waals surface area contributed by atoms with E-state index in [-0.39, 0.29) is 24.0 Å². The fraction of sp³-hybridized carbons (Fsp3) is 0.767. The van der Waals surface area contributed by atoms with Crippen LogP contribution in [0.15, 0.2) is 16.6 Å². The van der Waals surface area contributed by atoms with Gasteiger partial charge in [-0.15, -0.1) is 0 Å². The standard InChI is InChI=1S/C30H46BrF2N3O2/c1-20-16-30(3,23-8-6-4-5-7-9-23)35-18-22(20)17-34-29(37)26-14-24(31)15-27(21(26)2)36(19-28(32)33)25-10-12-38-13-11-25/h14-15,20,22-23,25,28,35H,4-13,16-19H2,1-3H3,(H,34,37). The van der Waals surface area contributed by atoms with Crippen LogP contribution in [0.5, 0.6) is 0 Å². The van der Waals surface area contributed by atoms with E-state index in [2.05, 4.69) is 40.4 Å². The molecule has 3 atom stereocenters. The lowest BCUT2D eigenvalue weighted by atomic mass is 9.69. The molecule has 2 heterocycles. The monoisotopic (exact) mass is 597 g/mol. The van der Waals surface area contributed by atoms with E-state index in [0.717, 1.165) is 28.9 Å². The molecule has 8 heteroatoms. The predicted octanol–water partition coefficient (Wildman–Crippen LogP) is 6.71. The first-order valence-electron chi connectivity index (χ1n) is 14.6. The van der Waals surface area contributed by atoms with Crippen LogP contribution in [0.25, 0.3) is 0 Å². The maximum atomic E-state index is 13.6. The SMILES string of the molecule is Cc1c(C(=O)NCC2CNC(C)(C3CCCCCC3)CC2C)cc(Br)cc1N(CC(F)F)C1CCOCC1. The van der Waals surface area contributed by atoms with Crippen molar-refractivity contribution in [3.63, 3.8) is 0 Å². The molecule has 2 aliphatic heterocycles. The second-order valence-corrected chi connectivity index (χ2v) is 13.0. The Kier molecular flexibility index (Phi) is 10.5. The molecule has 5 nitrogen and oxygen atoms in total.